The Morgan fingerprint density at radius 3 is 2.52 bits per heavy atom. The number of aromatic nitrogens is 3. The second-order valence-electron chi connectivity index (χ2n) is 7.90. The third-order valence-corrected chi connectivity index (χ3v) is 6.17. The number of hydrogen-bond acceptors (Lipinski definition) is 6. The van der Waals surface area contributed by atoms with Crippen molar-refractivity contribution in [2.24, 2.45) is 0 Å². The molecule has 0 saturated heterocycles. The van der Waals surface area contributed by atoms with Crippen molar-refractivity contribution in [3.05, 3.63) is 101 Å². The predicted molar refractivity (Wildman–Crippen MR) is 125 cm³/mol. The van der Waals surface area contributed by atoms with Crippen molar-refractivity contribution in [1.29, 1.82) is 0 Å². The van der Waals surface area contributed by atoms with E-state index in [2.05, 4.69) is 33.6 Å². The average molecular weight is 438 g/mol. The lowest BCUT2D eigenvalue weighted by Gasteiger charge is -2.39. The molecule has 4 aromatic rings. The maximum Gasteiger partial charge on any atom is 0.226 e. The third kappa shape index (κ3) is 3.04. The highest BCUT2D eigenvalue weighted by Gasteiger charge is 2.41. The molecule has 0 spiro atoms. The van der Waals surface area contributed by atoms with Crippen molar-refractivity contribution in [1.82, 2.24) is 14.8 Å². The van der Waals surface area contributed by atoms with E-state index in [-0.39, 0.29) is 12.1 Å². The Labute approximate surface area is 191 Å². The van der Waals surface area contributed by atoms with Gasteiger partial charge in [0.1, 0.15) is 29.6 Å². The molecular formula is C26H22N4O3. The summed E-state index contributed by atoms with van der Waals surface area (Å²) in [5.74, 6) is 3.06. The topological polar surface area (TPSA) is 70.4 Å². The molecule has 6 rings (SSSR count). The van der Waals surface area contributed by atoms with Crippen LogP contribution in [-0.2, 0) is 0 Å². The molecule has 7 nitrogen and oxygen atoms in total. The number of ether oxygens (including phenoxy) is 3. The van der Waals surface area contributed by atoms with E-state index < -0.39 is 0 Å². The fraction of sp³-hybridized carbons (Fsp3) is 0.154. The Bertz CT molecular complexity index is 1360. The average Bonchev–Trinajstić information content (AvgIpc) is 3.35. The van der Waals surface area contributed by atoms with Gasteiger partial charge in [0.15, 0.2) is 6.10 Å². The van der Waals surface area contributed by atoms with Gasteiger partial charge in [0.25, 0.3) is 0 Å². The van der Waals surface area contributed by atoms with Gasteiger partial charge in [0.05, 0.1) is 19.9 Å². The molecule has 2 aliphatic heterocycles. The van der Waals surface area contributed by atoms with Crippen molar-refractivity contribution in [3.63, 3.8) is 0 Å². The lowest BCUT2D eigenvalue weighted by Crippen LogP contribution is -2.32. The van der Waals surface area contributed by atoms with Crippen molar-refractivity contribution in [3.8, 4) is 17.2 Å². The van der Waals surface area contributed by atoms with Gasteiger partial charge in [-0.1, -0.05) is 42.5 Å². The monoisotopic (exact) mass is 438 g/mol. The van der Waals surface area contributed by atoms with Crippen LogP contribution in [0.25, 0.3) is 5.70 Å². The van der Waals surface area contributed by atoms with Crippen LogP contribution < -0.4 is 19.5 Å². The van der Waals surface area contributed by atoms with E-state index in [4.69, 9.17) is 14.2 Å². The standard InChI is InChI=1S/C26H22N4O3/c1-31-17-13-11-16(12-14-17)24-22-23(29-26-27-15-28-30(24)26)18-7-3-6-10-21(18)33-25(22)19-8-4-5-9-20(19)32-2/h3-15,24-25H,1-2H3,(H,27,28,29)/t24-,25-/m1/s1. The molecule has 0 saturated carbocycles. The van der Waals surface area contributed by atoms with Crippen LogP contribution in [0.4, 0.5) is 5.95 Å². The Morgan fingerprint density at radius 2 is 1.70 bits per heavy atom. The fourth-order valence-electron chi connectivity index (χ4n) is 4.67. The van der Waals surface area contributed by atoms with E-state index in [1.165, 1.54) is 0 Å². The van der Waals surface area contributed by atoms with E-state index in [1.54, 1.807) is 20.5 Å². The highest BCUT2D eigenvalue weighted by Crippen LogP contribution is 2.51. The van der Waals surface area contributed by atoms with Crippen molar-refractivity contribution < 1.29 is 14.2 Å². The number of anilines is 1. The Kier molecular flexibility index (Phi) is 4.54. The van der Waals surface area contributed by atoms with Crippen LogP contribution in [0.2, 0.25) is 0 Å². The van der Waals surface area contributed by atoms with Crippen molar-refractivity contribution >= 4 is 11.6 Å². The zero-order valence-corrected chi connectivity index (χ0v) is 18.2. The fourth-order valence-corrected chi connectivity index (χ4v) is 4.67. The van der Waals surface area contributed by atoms with Gasteiger partial charge in [-0.25, -0.2) is 4.68 Å². The molecule has 164 valence electrons. The summed E-state index contributed by atoms with van der Waals surface area (Å²) in [5, 5.41) is 8.08. The molecule has 33 heavy (non-hydrogen) atoms. The normalized spacial score (nSPS) is 18.4. The van der Waals surface area contributed by atoms with Gasteiger partial charge in [0.2, 0.25) is 5.95 Å². The zero-order valence-electron chi connectivity index (χ0n) is 18.2. The minimum atomic E-state index is -0.386. The van der Waals surface area contributed by atoms with E-state index in [0.717, 1.165) is 45.2 Å². The lowest BCUT2D eigenvalue weighted by atomic mass is 9.84. The number of nitrogens with zero attached hydrogens (tertiary/aromatic N) is 3. The van der Waals surface area contributed by atoms with Gasteiger partial charge in [0, 0.05) is 16.7 Å². The van der Waals surface area contributed by atoms with Crippen LogP contribution in [0.3, 0.4) is 0 Å². The third-order valence-electron chi connectivity index (χ3n) is 6.17. The number of hydrogen-bond donors (Lipinski definition) is 1. The van der Waals surface area contributed by atoms with E-state index in [0.29, 0.717) is 5.95 Å². The maximum atomic E-state index is 6.65. The smallest absolute Gasteiger partial charge is 0.226 e. The molecule has 3 heterocycles. The largest absolute Gasteiger partial charge is 0.497 e. The molecule has 0 radical (unpaired) electrons. The summed E-state index contributed by atoms with van der Waals surface area (Å²) in [6.45, 7) is 0. The first-order valence-electron chi connectivity index (χ1n) is 10.7. The van der Waals surface area contributed by atoms with Gasteiger partial charge in [-0.05, 0) is 35.9 Å². The van der Waals surface area contributed by atoms with Gasteiger partial charge < -0.3 is 19.5 Å². The molecular weight excluding hydrogens is 416 g/mol. The number of methoxy groups -OCH3 is 2. The second-order valence-corrected chi connectivity index (χ2v) is 7.90. The molecule has 0 amide bonds. The number of para-hydroxylation sites is 2. The van der Waals surface area contributed by atoms with Crippen LogP contribution >= 0.6 is 0 Å². The highest BCUT2D eigenvalue weighted by atomic mass is 16.5. The maximum absolute atomic E-state index is 6.65. The summed E-state index contributed by atoms with van der Waals surface area (Å²) in [6, 6.07) is 23.8. The first-order valence-corrected chi connectivity index (χ1v) is 10.7. The van der Waals surface area contributed by atoms with E-state index in [9.17, 15) is 0 Å². The van der Waals surface area contributed by atoms with Crippen LogP contribution in [0.15, 0.2) is 84.7 Å². The van der Waals surface area contributed by atoms with Crippen LogP contribution in [-0.4, -0.2) is 29.0 Å². The molecule has 0 unspecified atom stereocenters. The van der Waals surface area contributed by atoms with E-state index in [1.807, 2.05) is 59.3 Å². The Hall–Kier alpha value is -4.26. The Morgan fingerprint density at radius 1 is 0.909 bits per heavy atom. The minimum Gasteiger partial charge on any atom is -0.497 e. The number of nitrogens with one attached hydrogen (secondary N) is 1. The summed E-state index contributed by atoms with van der Waals surface area (Å²) >= 11 is 0. The van der Waals surface area contributed by atoms with Crippen LogP contribution in [0, 0.1) is 0 Å². The second kappa shape index (κ2) is 7.70. The minimum absolute atomic E-state index is 0.229. The predicted octanol–water partition coefficient (Wildman–Crippen LogP) is 4.86. The molecule has 2 atom stereocenters. The van der Waals surface area contributed by atoms with Gasteiger partial charge in [-0.2, -0.15) is 10.1 Å². The molecule has 7 heteroatoms. The van der Waals surface area contributed by atoms with Crippen LogP contribution in [0.1, 0.15) is 28.8 Å². The van der Waals surface area contributed by atoms with Crippen molar-refractivity contribution in [2.75, 3.05) is 19.5 Å². The van der Waals surface area contributed by atoms with Crippen molar-refractivity contribution in [2.45, 2.75) is 12.1 Å². The van der Waals surface area contributed by atoms with E-state index >= 15 is 0 Å². The number of rotatable bonds is 4. The summed E-state index contributed by atoms with van der Waals surface area (Å²) in [5.41, 5.74) is 5.02. The Balaban J connectivity index is 1.62. The molecule has 2 aliphatic rings. The molecule has 0 fully saturated rings. The first kappa shape index (κ1) is 19.4. The summed E-state index contributed by atoms with van der Waals surface area (Å²) in [6.07, 6.45) is 1.19. The quantitative estimate of drug-likeness (QED) is 0.491. The highest BCUT2D eigenvalue weighted by molar-refractivity contribution is 5.85. The molecule has 1 N–H and O–H groups in total. The van der Waals surface area contributed by atoms with Crippen LogP contribution in [0.5, 0.6) is 17.2 Å². The summed E-state index contributed by atoms with van der Waals surface area (Å²) in [4.78, 5) is 4.48. The zero-order chi connectivity index (χ0) is 22.4. The molecule has 1 aromatic heterocycles. The number of fused-ring (bicyclic) bond motifs is 3. The summed E-state index contributed by atoms with van der Waals surface area (Å²) in [7, 11) is 3.35. The first-order chi connectivity index (χ1) is 16.3. The van der Waals surface area contributed by atoms with Gasteiger partial charge in [-0.3, -0.25) is 0 Å². The molecule has 3 aromatic carbocycles. The molecule has 0 bridgehead atoms. The molecule has 0 aliphatic carbocycles. The SMILES string of the molecule is COc1ccc([C@@H]2C3=C(Nc4ncnn42)c2ccccc2O[C@@H]3c2ccccc2OC)cc1. The lowest BCUT2D eigenvalue weighted by molar-refractivity contribution is 0.217. The summed E-state index contributed by atoms with van der Waals surface area (Å²) < 4.78 is 19.7. The van der Waals surface area contributed by atoms with Gasteiger partial charge >= 0.3 is 0 Å². The van der Waals surface area contributed by atoms with Gasteiger partial charge in [-0.15, -0.1) is 0 Å². The number of benzene rings is 3.